The number of aliphatic hydroxyl groups excluding tert-OH is 2. The minimum absolute atomic E-state index is 0.0423. The highest BCUT2D eigenvalue weighted by Gasteiger charge is 2.16. The Morgan fingerprint density at radius 3 is 2.50 bits per heavy atom. The van der Waals surface area contributed by atoms with E-state index in [4.69, 9.17) is 14.6 Å². The van der Waals surface area contributed by atoms with Gasteiger partial charge in [-0.25, -0.2) is 4.79 Å². The Kier molecular flexibility index (Phi) is 7.63. The molecule has 0 aliphatic carbocycles. The molecular weight excluding hydrogens is 284 g/mol. The van der Waals surface area contributed by atoms with Gasteiger partial charge in [0.05, 0.1) is 19.3 Å². The minimum Gasteiger partial charge on any atom is -0.491 e. The summed E-state index contributed by atoms with van der Waals surface area (Å²) in [7, 11) is 0. The Bertz CT molecular complexity index is 492. The van der Waals surface area contributed by atoms with Crippen molar-refractivity contribution in [2.45, 2.75) is 26.9 Å². The van der Waals surface area contributed by atoms with E-state index in [1.54, 1.807) is 44.2 Å². The Hall–Kier alpha value is -1.85. The van der Waals surface area contributed by atoms with Crippen LogP contribution < -0.4 is 4.74 Å². The zero-order chi connectivity index (χ0) is 16.5. The molecule has 0 saturated heterocycles. The van der Waals surface area contributed by atoms with Crippen molar-refractivity contribution >= 4 is 5.97 Å². The van der Waals surface area contributed by atoms with Crippen LogP contribution >= 0.6 is 0 Å². The summed E-state index contributed by atoms with van der Waals surface area (Å²) in [6.45, 7) is 5.79. The third-order valence-electron chi connectivity index (χ3n) is 3.19. The van der Waals surface area contributed by atoms with Crippen molar-refractivity contribution in [3.8, 4) is 5.75 Å². The maximum absolute atomic E-state index is 11.6. The quantitative estimate of drug-likeness (QED) is 0.569. The third kappa shape index (κ3) is 5.50. The number of carbonyl (C=O) groups is 1. The minimum atomic E-state index is -0.726. The number of rotatable bonds is 8. The summed E-state index contributed by atoms with van der Waals surface area (Å²) in [5.41, 5.74) is 1.22. The summed E-state index contributed by atoms with van der Waals surface area (Å²) in [6.07, 6.45) is 0.981. The Labute approximate surface area is 131 Å². The molecular formula is C17H24O5. The summed E-state index contributed by atoms with van der Waals surface area (Å²) in [6, 6.07) is 7.01. The Morgan fingerprint density at radius 1 is 1.32 bits per heavy atom. The van der Waals surface area contributed by atoms with Gasteiger partial charge < -0.3 is 19.7 Å². The number of aliphatic hydroxyl groups is 2. The van der Waals surface area contributed by atoms with E-state index in [1.165, 1.54) is 0 Å². The van der Waals surface area contributed by atoms with Gasteiger partial charge in [-0.05, 0) is 31.5 Å². The second kappa shape index (κ2) is 9.23. The molecule has 5 nitrogen and oxygen atoms in total. The summed E-state index contributed by atoms with van der Waals surface area (Å²) in [5, 5.41) is 19.0. The fraction of sp³-hybridized carbons (Fsp3) is 0.471. The molecule has 1 aromatic rings. The van der Waals surface area contributed by atoms with E-state index >= 15 is 0 Å². The molecule has 1 aromatic carbocycles. The molecule has 0 aromatic heterocycles. The first-order chi connectivity index (χ1) is 10.5. The van der Waals surface area contributed by atoms with Crippen LogP contribution in [0.2, 0.25) is 0 Å². The first kappa shape index (κ1) is 18.2. The first-order valence-corrected chi connectivity index (χ1v) is 7.36. The molecule has 0 spiro atoms. The summed E-state index contributed by atoms with van der Waals surface area (Å²) in [4.78, 5) is 11.6. The SMILES string of the molecule is CCOC(=O)/C(C)=C/[C@H](C)[C@H](O)c1ccc(OCCO)cc1. The Morgan fingerprint density at radius 2 is 1.95 bits per heavy atom. The molecule has 2 atom stereocenters. The molecule has 0 saturated carbocycles. The van der Waals surface area contributed by atoms with Crippen LogP contribution in [0.15, 0.2) is 35.9 Å². The highest BCUT2D eigenvalue weighted by molar-refractivity contribution is 5.87. The van der Waals surface area contributed by atoms with Gasteiger partial charge in [-0.2, -0.15) is 0 Å². The lowest BCUT2D eigenvalue weighted by Crippen LogP contribution is -2.11. The van der Waals surface area contributed by atoms with Gasteiger partial charge in [0.25, 0.3) is 0 Å². The van der Waals surface area contributed by atoms with Crippen molar-refractivity contribution in [2.24, 2.45) is 5.92 Å². The molecule has 0 aliphatic rings. The van der Waals surface area contributed by atoms with E-state index in [1.807, 2.05) is 6.92 Å². The van der Waals surface area contributed by atoms with Crippen molar-refractivity contribution in [1.29, 1.82) is 0 Å². The van der Waals surface area contributed by atoms with E-state index < -0.39 is 6.10 Å². The molecule has 122 valence electrons. The van der Waals surface area contributed by atoms with E-state index in [-0.39, 0.29) is 25.1 Å². The Balaban J connectivity index is 2.71. The van der Waals surface area contributed by atoms with Gasteiger partial charge in [0.1, 0.15) is 12.4 Å². The molecule has 1 rings (SSSR count). The number of carbonyl (C=O) groups excluding carboxylic acids is 1. The molecule has 2 N–H and O–H groups in total. The third-order valence-corrected chi connectivity index (χ3v) is 3.19. The standard InChI is InChI=1S/C17H24O5/c1-4-21-17(20)13(3)11-12(2)16(19)14-5-7-15(8-6-14)22-10-9-18/h5-8,11-12,16,18-19H,4,9-10H2,1-3H3/b13-11+/t12-,16-/m0/s1. The zero-order valence-electron chi connectivity index (χ0n) is 13.3. The van der Waals surface area contributed by atoms with E-state index in [0.717, 1.165) is 5.56 Å². The van der Waals surface area contributed by atoms with Crippen LogP contribution in [-0.2, 0) is 9.53 Å². The fourth-order valence-corrected chi connectivity index (χ4v) is 2.03. The maximum atomic E-state index is 11.6. The lowest BCUT2D eigenvalue weighted by molar-refractivity contribution is -0.138. The lowest BCUT2D eigenvalue weighted by Gasteiger charge is -2.17. The zero-order valence-corrected chi connectivity index (χ0v) is 13.3. The first-order valence-electron chi connectivity index (χ1n) is 7.36. The fourth-order valence-electron chi connectivity index (χ4n) is 2.03. The van der Waals surface area contributed by atoms with Gasteiger partial charge in [-0.3, -0.25) is 0 Å². The number of esters is 1. The molecule has 0 unspecified atom stereocenters. The number of hydrogen-bond acceptors (Lipinski definition) is 5. The molecule has 0 amide bonds. The van der Waals surface area contributed by atoms with Crippen LogP contribution in [0.4, 0.5) is 0 Å². The molecule has 22 heavy (non-hydrogen) atoms. The van der Waals surface area contributed by atoms with Crippen molar-refractivity contribution in [1.82, 2.24) is 0 Å². The van der Waals surface area contributed by atoms with Gasteiger partial charge in [-0.1, -0.05) is 25.1 Å². The topological polar surface area (TPSA) is 76.0 Å². The highest BCUT2D eigenvalue weighted by Crippen LogP contribution is 2.25. The maximum Gasteiger partial charge on any atom is 0.333 e. The van der Waals surface area contributed by atoms with Crippen molar-refractivity contribution in [3.63, 3.8) is 0 Å². The average Bonchev–Trinajstić information content (AvgIpc) is 2.52. The second-order valence-electron chi connectivity index (χ2n) is 5.02. The van der Waals surface area contributed by atoms with Crippen LogP contribution in [0.3, 0.4) is 0 Å². The van der Waals surface area contributed by atoms with Gasteiger partial charge >= 0.3 is 5.97 Å². The molecule has 0 aliphatic heterocycles. The molecule has 5 heteroatoms. The second-order valence-corrected chi connectivity index (χ2v) is 5.02. The van der Waals surface area contributed by atoms with Crippen LogP contribution in [0, 0.1) is 5.92 Å². The predicted molar refractivity (Wildman–Crippen MR) is 83.5 cm³/mol. The van der Waals surface area contributed by atoms with Crippen molar-refractivity contribution in [2.75, 3.05) is 19.8 Å². The van der Waals surface area contributed by atoms with Crippen LogP contribution in [-0.4, -0.2) is 36.0 Å². The molecule has 0 radical (unpaired) electrons. The van der Waals surface area contributed by atoms with E-state index in [0.29, 0.717) is 17.9 Å². The van der Waals surface area contributed by atoms with Crippen LogP contribution in [0.25, 0.3) is 0 Å². The smallest absolute Gasteiger partial charge is 0.333 e. The van der Waals surface area contributed by atoms with Crippen molar-refractivity contribution in [3.05, 3.63) is 41.5 Å². The number of benzene rings is 1. The van der Waals surface area contributed by atoms with Crippen LogP contribution in [0.1, 0.15) is 32.4 Å². The average molecular weight is 308 g/mol. The van der Waals surface area contributed by atoms with E-state index in [2.05, 4.69) is 0 Å². The highest BCUT2D eigenvalue weighted by atomic mass is 16.5. The van der Waals surface area contributed by atoms with Gasteiger partial charge in [0.15, 0.2) is 0 Å². The summed E-state index contributed by atoms with van der Waals surface area (Å²) in [5.74, 6) is 0.0406. The van der Waals surface area contributed by atoms with Crippen molar-refractivity contribution < 1.29 is 24.5 Å². The monoisotopic (exact) mass is 308 g/mol. The molecule has 0 fully saturated rings. The van der Waals surface area contributed by atoms with Gasteiger partial charge in [0, 0.05) is 11.5 Å². The largest absolute Gasteiger partial charge is 0.491 e. The van der Waals surface area contributed by atoms with Gasteiger partial charge in [0.2, 0.25) is 0 Å². The summed E-state index contributed by atoms with van der Waals surface area (Å²) >= 11 is 0. The number of hydrogen-bond donors (Lipinski definition) is 2. The number of ether oxygens (including phenoxy) is 2. The molecule has 0 bridgehead atoms. The van der Waals surface area contributed by atoms with Crippen LogP contribution in [0.5, 0.6) is 5.75 Å². The summed E-state index contributed by atoms with van der Waals surface area (Å²) < 4.78 is 10.2. The molecule has 0 heterocycles. The normalized spacial score (nSPS) is 14.3. The predicted octanol–water partition coefficient (Wildman–Crippen LogP) is 2.24. The lowest BCUT2D eigenvalue weighted by atomic mass is 9.95. The van der Waals surface area contributed by atoms with Gasteiger partial charge in [-0.15, -0.1) is 0 Å². The van der Waals surface area contributed by atoms with E-state index in [9.17, 15) is 9.90 Å².